The first-order valence-corrected chi connectivity index (χ1v) is 9.44. The van der Waals surface area contributed by atoms with E-state index in [1.165, 1.54) is 20.3 Å². The van der Waals surface area contributed by atoms with Crippen LogP contribution >= 0.6 is 0 Å². The maximum atomic E-state index is 12.4. The number of sulfonamides is 1. The van der Waals surface area contributed by atoms with Crippen LogP contribution in [0.25, 0.3) is 0 Å². The van der Waals surface area contributed by atoms with Crippen molar-refractivity contribution in [3.05, 3.63) is 23.8 Å². The van der Waals surface area contributed by atoms with Crippen LogP contribution in [0.2, 0.25) is 0 Å². The van der Waals surface area contributed by atoms with E-state index in [1.54, 1.807) is 17.0 Å². The fraction of sp³-hybridized carbons (Fsp3) is 0.562. The standard InChI is InChI=1S/C16H22N2O5S/c1-22-15(23-2)10-17-24(20,21)13-5-6-14-12(9-13)7-8-18(14)16(19)11-3-4-11/h5-6,9,11,15,17H,3-4,7-8,10H2,1-2H3. The number of ether oxygens (including phenoxy) is 2. The summed E-state index contributed by atoms with van der Waals surface area (Å²) in [6.45, 7) is 0.649. The van der Waals surface area contributed by atoms with E-state index in [-0.39, 0.29) is 23.3 Å². The number of nitrogens with one attached hydrogen (secondary N) is 1. The largest absolute Gasteiger partial charge is 0.355 e. The van der Waals surface area contributed by atoms with Crippen LogP contribution in [0.15, 0.2) is 23.1 Å². The Labute approximate surface area is 142 Å². The zero-order valence-electron chi connectivity index (χ0n) is 13.8. The molecule has 0 saturated heterocycles. The van der Waals surface area contributed by atoms with Crippen molar-refractivity contribution < 1.29 is 22.7 Å². The molecule has 1 saturated carbocycles. The van der Waals surface area contributed by atoms with Crippen LogP contribution in [0.4, 0.5) is 5.69 Å². The first-order valence-electron chi connectivity index (χ1n) is 7.96. The molecule has 1 aromatic rings. The van der Waals surface area contributed by atoms with Crippen LogP contribution < -0.4 is 9.62 Å². The predicted molar refractivity (Wildman–Crippen MR) is 88.2 cm³/mol. The zero-order valence-corrected chi connectivity index (χ0v) is 14.6. The minimum absolute atomic E-state index is 0.0265. The number of rotatable bonds is 7. The van der Waals surface area contributed by atoms with Crippen molar-refractivity contribution in [2.24, 2.45) is 5.92 Å². The van der Waals surface area contributed by atoms with Gasteiger partial charge in [0.05, 0.1) is 11.4 Å². The normalized spacial score (nSPS) is 17.4. The maximum absolute atomic E-state index is 12.4. The minimum Gasteiger partial charge on any atom is -0.355 e. The molecular weight excluding hydrogens is 332 g/mol. The topological polar surface area (TPSA) is 84.9 Å². The average Bonchev–Trinajstić information content (AvgIpc) is 3.34. The Balaban J connectivity index is 1.75. The van der Waals surface area contributed by atoms with Crippen molar-refractivity contribution in [3.8, 4) is 0 Å². The zero-order chi connectivity index (χ0) is 17.3. The van der Waals surface area contributed by atoms with Gasteiger partial charge < -0.3 is 14.4 Å². The van der Waals surface area contributed by atoms with Crippen LogP contribution in [-0.2, 0) is 30.7 Å². The molecule has 0 atom stereocenters. The van der Waals surface area contributed by atoms with Gasteiger partial charge in [0.2, 0.25) is 15.9 Å². The minimum atomic E-state index is -3.65. The van der Waals surface area contributed by atoms with E-state index in [1.807, 2.05) is 0 Å². The molecule has 1 aliphatic carbocycles. The molecule has 0 unspecified atom stereocenters. The molecule has 0 aromatic heterocycles. The van der Waals surface area contributed by atoms with Gasteiger partial charge in [-0.3, -0.25) is 4.79 Å². The van der Waals surface area contributed by atoms with E-state index in [0.29, 0.717) is 13.0 Å². The van der Waals surface area contributed by atoms with Gasteiger partial charge >= 0.3 is 0 Å². The lowest BCUT2D eigenvalue weighted by molar-refractivity contribution is -0.119. The van der Waals surface area contributed by atoms with Gasteiger partial charge in [-0.1, -0.05) is 0 Å². The summed E-state index contributed by atoms with van der Waals surface area (Å²) in [7, 11) is -0.757. The number of methoxy groups -OCH3 is 2. The summed E-state index contributed by atoms with van der Waals surface area (Å²) in [5.41, 5.74) is 1.72. The number of benzene rings is 1. The Morgan fingerprint density at radius 2 is 2.04 bits per heavy atom. The van der Waals surface area contributed by atoms with Crippen molar-refractivity contribution in [2.45, 2.75) is 30.4 Å². The highest BCUT2D eigenvalue weighted by atomic mass is 32.2. The number of carbonyl (C=O) groups is 1. The second kappa shape index (κ2) is 6.79. The smallest absolute Gasteiger partial charge is 0.240 e. The third kappa shape index (κ3) is 3.46. The fourth-order valence-electron chi connectivity index (χ4n) is 2.85. The second-order valence-electron chi connectivity index (χ2n) is 6.06. The SMILES string of the molecule is COC(CNS(=O)(=O)c1ccc2c(c1)CCN2C(=O)C1CC1)OC. The lowest BCUT2D eigenvalue weighted by Gasteiger charge is -2.17. The van der Waals surface area contributed by atoms with Gasteiger partial charge in [-0.15, -0.1) is 0 Å². The van der Waals surface area contributed by atoms with E-state index in [9.17, 15) is 13.2 Å². The average molecular weight is 354 g/mol. The molecule has 0 spiro atoms. The molecule has 7 nitrogen and oxygen atoms in total. The first-order chi connectivity index (χ1) is 11.5. The van der Waals surface area contributed by atoms with Crippen LogP contribution in [0.3, 0.4) is 0 Å². The number of amides is 1. The second-order valence-corrected chi connectivity index (χ2v) is 7.82. The van der Waals surface area contributed by atoms with Crippen LogP contribution in [0.1, 0.15) is 18.4 Å². The maximum Gasteiger partial charge on any atom is 0.240 e. The summed E-state index contributed by atoms with van der Waals surface area (Å²) in [4.78, 5) is 14.2. The molecule has 2 aliphatic rings. The van der Waals surface area contributed by atoms with Crippen molar-refractivity contribution in [2.75, 3.05) is 32.2 Å². The Morgan fingerprint density at radius 3 is 2.67 bits per heavy atom. The Kier molecular flexibility index (Phi) is 4.91. The van der Waals surface area contributed by atoms with Crippen LogP contribution in [0, 0.1) is 5.92 Å². The van der Waals surface area contributed by atoms with Crippen molar-refractivity contribution in [1.29, 1.82) is 0 Å². The number of anilines is 1. The van der Waals surface area contributed by atoms with Gasteiger partial charge in [-0.05, 0) is 43.0 Å². The van der Waals surface area contributed by atoms with Gasteiger partial charge in [0.15, 0.2) is 6.29 Å². The van der Waals surface area contributed by atoms with E-state index in [2.05, 4.69) is 4.72 Å². The van der Waals surface area contributed by atoms with Crippen LogP contribution in [0.5, 0.6) is 0 Å². The highest BCUT2D eigenvalue weighted by molar-refractivity contribution is 7.89. The summed E-state index contributed by atoms with van der Waals surface area (Å²) in [5.74, 6) is 0.312. The highest BCUT2D eigenvalue weighted by Crippen LogP contribution is 2.37. The molecule has 1 aromatic carbocycles. The lowest BCUT2D eigenvalue weighted by atomic mass is 10.2. The molecule has 132 valence electrons. The van der Waals surface area contributed by atoms with Crippen molar-refractivity contribution in [3.63, 3.8) is 0 Å². The number of hydrogen-bond donors (Lipinski definition) is 1. The molecular formula is C16H22N2O5S. The monoisotopic (exact) mass is 354 g/mol. The van der Waals surface area contributed by atoms with Gasteiger partial charge in [-0.25, -0.2) is 13.1 Å². The Hall–Kier alpha value is -1.48. The molecule has 1 aliphatic heterocycles. The van der Waals surface area contributed by atoms with E-state index >= 15 is 0 Å². The summed E-state index contributed by atoms with van der Waals surface area (Å²) in [6, 6.07) is 4.90. The van der Waals surface area contributed by atoms with Gasteiger partial charge in [0.25, 0.3) is 0 Å². The Bertz CT molecular complexity index is 726. The van der Waals surface area contributed by atoms with Crippen molar-refractivity contribution in [1.82, 2.24) is 4.72 Å². The summed E-state index contributed by atoms with van der Waals surface area (Å²) >= 11 is 0. The third-order valence-corrected chi connectivity index (χ3v) is 5.84. The quantitative estimate of drug-likeness (QED) is 0.735. The molecule has 3 rings (SSSR count). The predicted octanol–water partition coefficient (Wildman–Crippen LogP) is 0.883. The molecule has 1 N–H and O–H groups in total. The summed E-state index contributed by atoms with van der Waals surface area (Å²) < 4.78 is 37.2. The fourth-order valence-corrected chi connectivity index (χ4v) is 3.92. The van der Waals surface area contributed by atoms with E-state index in [4.69, 9.17) is 9.47 Å². The lowest BCUT2D eigenvalue weighted by Crippen LogP contribution is -2.34. The summed E-state index contributed by atoms with van der Waals surface area (Å²) in [6.07, 6.45) is 1.96. The van der Waals surface area contributed by atoms with Gasteiger partial charge in [0, 0.05) is 32.4 Å². The molecule has 1 fully saturated rings. The molecule has 1 heterocycles. The highest BCUT2D eigenvalue weighted by Gasteiger charge is 2.36. The summed E-state index contributed by atoms with van der Waals surface area (Å²) in [5, 5.41) is 0. The number of hydrogen-bond acceptors (Lipinski definition) is 5. The van der Waals surface area contributed by atoms with E-state index < -0.39 is 16.3 Å². The number of nitrogens with zero attached hydrogens (tertiary/aromatic N) is 1. The third-order valence-electron chi connectivity index (χ3n) is 4.42. The van der Waals surface area contributed by atoms with Gasteiger partial charge in [-0.2, -0.15) is 0 Å². The number of carbonyl (C=O) groups excluding carboxylic acids is 1. The Morgan fingerprint density at radius 1 is 1.33 bits per heavy atom. The molecule has 24 heavy (non-hydrogen) atoms. The number of fused-ring (bicyclic) bond motifs is 1. The van der Waals surface area contributed by atoms with Crippen LogP contribution in [-0.4, -0.2) is 47.9 Å². The van der Waals surface area contributed by atoms with Crippen molar-refractivity contribution >= 4 is 21.6 Å². The van der Waals surface area contributed by atoms with Gasteiger partial charge in [0.1, 0.15) is 0 Å². The van der Waals surface area contributed by atoms with E-state index in [0.717, 1.165) is 24.1 Å². The molecule has 0 bridgehead atoms. The molecule has 8 heteroatoms. The first kappa shape index (κ1) is 17.3. The molecule has 0 radical (unpaired) electrons. The molecule has 1 amide bonds.